The SMILES string of the molecule is O=C(O)c1cc2c(oc1=O)c(Br)cc1cc(-c3nn[nH]n3)c(=O)oc12. The molecule has 4 aromatic rings. The van der Waals surface area contributed by atoms with Crippen LogP contribution in [-0.4, -0.2) is 31.7 Å². The van der Waals surface area contributed by atoms with Gasteiger partial charge in [-0.15, -0.1) is 10.2 Å². The average molecular weight is 405 g/mol. The Morgan fingerprint density at radius 3 is 2.56 bits per heavy atom. The van der Waals surface area contributed by atoms with Gasteiger partial charge in [0.1, 0.15) is 16.7 Å². The van der Waals surface area contributed by atoms with Crippen molar-refractivity contribution in [2.45, 2.75) is 0 Å². The van der Waals surface area contributed by atoms with Crippen LogP contribution in [0, 0.1) is 0 Å². The van der Waals surface area contributed by atoms with Crippen LogP contribution >= 0.6 is 15.9 Å². The van der Waals surface area contributed by atoms with Crippen molar-refractivity contribution < 1.29 is 18.7 Å². The molecule has 11 heteroatoms. The maximum absolute atomic E-state index is 12.2. The molecule has 0 aliphatic carbocycles. The van der Waals surface area contributed by atoms with E-state index >= 15 is 0 Å². The lowest BCUT2D eigenvalue weighted by Gasteiger charge is -2.05. The highest BCUT2D eigenvalue weighted by atomic mass is 79.9. The molecule has 0 saturated carbocycles. The van der Waals surface area contributed by atoms with Crippen LogP contribution < -0.4 is 11.3 Å². The van der Waals surface area contributed by atoms with Crippen molar-refractivity contribution in [3.05, 3.63) is 49.1 Å². The molecule has 0 spiro atoms. The maximum Gasteiger partial charge on any atom is 0.351 e. The molecule has 2 N–H and O–H groups in total. The van der Waals surface area contributed by atoms with Gasteiger partial charge < -0.3 is 13.9 Å². The molecule has 0 radical (unpaired) electrons. The minimum Gasteiger partial charge on any atom is -0.477 e. The summed E-state index contributed by atoms with van der Waals surface area (Å²) in [6.07, 6.45) is 0. The van der Waals surface area contributed by atoms with Crippen molar-refractivity contribution in [2.75, 3.05) is 0 Å². The highest BCUT2D eigenvalue weighted by Gasteiger charge is 2.19. The first kappa shape index (κ1) is 15.2. The first-order chi connectivity index (χ1) is 12.0. The Kier molecular flexibility index (Phi) is 3.25. The standard InChI is InChI=1S/C14H5BrN4O6/c15-8-2-4-1-6(11-16-18-19-17-11)13(22)24-9(4)5-3-7(12(20)21)14(23)25-10(5)8/h1-3H,(H,20,21)(H,16,17,18,19). The molecule has 0 saturated heterocycles. The van der Waals surface area contributed by atoms with Gasteiger partial charge in [0.25, 0.3) is 0 Å². The van der Waals surface area contributed by atoms with Gasteiger partial charge in [0, 0.05) is 5.39 Å². The molecule has 0 atom stereocenters. The zero-order valence-electron chi connectivity index (χ0n) is 11.9. The maximum atomic E-state index is 12.2. The summed E-state index contributed by atoms with van der Waals surface area (Å²) in [6.45, 7) is 0. The van der Waals surface area contributed by atoms with Gasteiger partial charge in [-0.25, -0.2) is 14.4 Å². The Labute approximate surface area is 144 Å². The van der Waals surface area contributed by atoms with Gasteiger partial charge >= 0.3 is 17.2 Å². The zero-order valence-corrected chi connectivity index (χ0v) is 13.5. The number of rotatable bonds is 2. The number of fused-ring (bicyclic) bond motifs is 3. The summed E-state index contributed by atoms with van der Waals surface area (Å²) in [4.78, 5) is 35.2. The van der Waals surface area contributed by atoms with E-state index in [4.69, 9.17) is 13.9 Å². The number of carboxylic acid groups (broad SMARTS) is 1. The fourth-order valence-corrected chi connectivity index (χ4v) is 2.95. The fraction of sp³-hybridized carbons (Fsp3) is 0. The third kappa shape index (κ3) is 2.32. The van der Waals surface area contributed by atoms with Crippen LogP contribution in [0.3, 0.4) is 0 Å². The second-order valence-corrected chi connectivity index (χ2v) is 5.81. The quantitative estimate of drug-likeness (QED) is 0.374. The summed E-state index contributed by atoms with van der Waals surface area (Å²) in [5, 5.41) is 22.8. The summed E-state index contributed by atoms with van der Waals surface area (Å²) in [5.74, 6) is -1.40. The lowest BCUT2D eigenvalue weighted by molar-refractivity contribution is 0.0692. The molecular formula is C14H5BrN4O6. The van der Waals surface area contributed by atoms with E-state index in [2.05, 4.69) is 36.6 Å². The van der Waals surface area contributed by atoms with E-state index in [-0.39, 0.29) is 27.9 Å². The molecule has 124 valence electrons. The van der Waals surface area contributed by atoms with Crippen LogP contribution in [0.15, 0.2) is 41.1 Å². The number of nitrogens with one attached hydrogen (secondary N) is 1. The lowest BCUT2D eigenvalue weighted by Crippen LogP contribution is -2.13. The summed E-state index contributed by atoms with van der Waals surface area (Å²) in [5.41, 5.74) is -2.12. The van der Waals surface area contributed by atoms with Crippen molar-refractivity contribution in [1.29, 1.82) is 0 Å². The van der Waals surface area contributed by atoms with Crippen LogP contribution in [0.1, 0.15) is 10.4 Å². The molecule has 0 bridgehead atoms. The van der Waals surface area contributed by atoms with Gasteiger partial charge in [-0.3, -0.25) is 0 Å². The molecule has 1 aromatic carbocycles. The normalized spacial score (nSPS) is 11.2. The van der Waals surface area contributed by atoms with Gasteiger partial charge in [-0.1, -0.05) is 0 Å². The predicted molar refractivity (Wildman–Crippen MR) is 86.4 cm³/mol. The first-order valence-electron chi connectivity index (χ1n) is 6.67. The number of H-pyrrole nitrogens is 1. The van der Waals surface area contributed by atoms with E-state index in [1.807, 2.05) is 0 Å². The molecular weight excluding hydrogens is 400 g/mol. The van der Waals surface area contributed by atoms with E-state index in [1.54, 1.807) is 6.07 Å². The minimum absolute atomic E-state index is 0.0534. The van der Waals surface area contributed by atoms with Crippen LogP contribution in [-0.2, 0) is 0 Å². The number of benzene rings is 1. The molecule has 0 aliphatic heterocycles. The molecule has 10 nitrogen and oxygen atoms in total. The summed E-state index contributed by atoms with van der Waals surface area (Å²) in [7, 11) is 0. The van der Waals surface area contributed by atoms with Crippen LogP contribution in [0.4, 0.5) is 0 Å². The summed E-state index contributed by atoms with van der Waals surface area (Å²) >= 11 is 3.26. The second-order valence-electron chi connectivity index (χ2n) is 4.96. The first-order valence-corrected chi connectivity index (χ1v) is 7.46. The number of carbonyl (C=O) groups is 1. The van der Waals surface area contributed by atoms with Crippen molar-refractivity contribution in [3.8, 4) is 11.4 Å². The molecule has 25 heavy (non-hydrogen) atoms. The van der Waals surface area contributed by atoms with Crippen molar-refractivity contribution >= 4 is 43.8 Å². The average Bonchev–Trinajstić information content (AvgIpc) is 3.09. The molecule has 3 heterocycles. The number of aromatic carboxylic acids is 1. The Balaban J connectivity index is 2.15. The van der Waals surface area contributed by atoms with Crippen molar-refractivity contribution in [2.24, 2.45) is 0 Å². The zero-order chi connectivity index (χ0) is 17.7. The molecule has 0 amide bonds. The Morgan fingerprint density at radius 2 is 1.88 bits per heavy atom. The van der Waals surface area contributed by atoms with Gasteiger partial charge in [-0.2, -0.15) is 5.21 Å². The molecule has 0 aliphatic rings. The highest BCUT2D eigenvalue weighted by Crippen LogP contribution is 2.32. The second kappa shape index (κ2) is 5.34. The Hall–Kier alpha value is -3.34. The Bertz CT molecular complexity index is 1270. The van der Waals surface area contributed by atoms with E-state index in [0.717, 1.165) is 6.07 Å². The molecule has 3 aromatic heterocycles. The number of nitrogens with zero attached hydrogens (tertiary/aromatic N) is 3. The number of halogens is 1. The van der Waals surface area contributed by atoms with Crippen LogP contribution in [0.5, 0.6) is 0 Å². The number of tetrazole rings is 1. The third-order valence-electron chi connectivity index (χ3n) is 3.49. The minimum atomic E-state index is -1.45. The Morgan fingerprint density at radius 1 is 1.12 bits per heavy atom. The van der Waals surface area contributed by atoms with Crippen LogP contribution in [0.25, 0.3) is 33.3 Å². The van der Waals surface area contributed by atoms with Crippen molar-refractivity contribution in [3.63, 3.8) is 0 Å². The lowest BCUT2D eigenvalue weighted by atomic mass is 10.1. The van der Waals surface area contributed by atoms with E-state index in [0.29, 0.717) is 9.86 Å². The summed E-state index contributed by atoms with van der Waals surface area (Å²) in [6, 6.07) is 4.14. The van der Waals surface area contributed by atoms with E-state index < -0.39 is 22.8 Å². The monoisotopic (exact) mass is 404 g/mol. The molecule has 4 rings (SSSR count). The largest absolute Gasteiger partial charge is 0.477 e. The van der Waals surface area contributed by atoms with E-state index in [1.165, 1.54) is 6.07 Å². The summed E-state index contributed by atoms with van der Waals surface area (Å²) < 4.78 is 10.7. The number of carboxylic acids is 1. The van der Waals surface area contributed by atoms with Crippen LogP contribution in [0.2, 0.25) is 0 Å². The van der Waals surface area contributed by atoms with Gasteiger partial charge in [-0.05, 0) is 39.3 Å². The molecule has 0 fully saturated rings. The van der Waals surface area contributed by atoms with Crippen molar-refractivity contribution in [1.82, 2.24) is 20.6 Å². The highest BCUT2D eigenvalue weighted by molar-refractivity contribution is 9.10. The number of hydrogen-bond acceptors (Lipinski definition) is 8. The van der Waals surface area contributed by atoms with Gasteiger partial charge in [0.15, 0.2) is 5.58 Å². The number of aromatic amines is 1. The third-order valence-corrected chi connectivity index (χ3v) is 4.07. The van der Waals surface area contributed by atoms with E-state index in [9.17, 15) is 14.4 Å². The number of aromatic nitrogens is 4. The molecule has 0 unspecified atom stereocenters. The number of hydrogen-bond donors (Lipinski definition) is 2. The fourth-order valence-electron chi connectivity index (χ4n) is 2.40. The van der Waals surface area contributed by atoms with Gasteiger partial charge in [0.2, 0.25) is 5.82 Å². The topological polar surface area (TPSA) is 152 Å². The van der Waals surface area contributed by atoms with Gasteiger partial charge in [0.05, 0.1) is 9.86 Å². The smallest absolute Gasteiger partial charge is 0.351 e. The predicted octanol–water partition coefficient (Wildman–Crippen LogP) is 1.54.